The Bertz CT molecular complexity index is 772. The SMILES string of the molecule is CC(C)[C@H](O)C1(CNS(=O)(=O)c2ccc(C(=O)NCC(F)(F)F)cc2)CC1. The van der Waals surface area contributed by atoms with Gasteiger partial charge in [0.1, 0.15) is 6.54 Å². The van der Waals surface area contributed by atoms with Crippen molar-refractivity contribution in [2.24, 2.45) is 11.3 Å². The van der Waals surface area contributed by atoms with Gasteiger partial charge in [-0.1, -0.05) is 13.8 Å². The molecule has 1 aromatic carbocycles. The lowest BCUT2D eigenvalue weighted by Crippen LogP contribution is -2.38. The van der Waals surface area contributed by atoms with E-state index in [0.29, 0.717) is 0 Å². The number of halogens is 3. The van der Waals surface area contributed by atoms with E-state index < -0.39 is 40.2 Å². The maximum Gasteiger partial charge on any atom is 0.405 e. The maximum atomic E-state index is 12.4. The Hall–Kier alpha value is -1.65. The Balaban J connectivity index is 2.00. The highest BCUT2D eigenvalue weighted by molar-refractivity contribution is 7.89. The third-order valence-electron chi connectivity index (χ3n) is 4.64. The van der Waals surface area contributed by atoms with E-state index in [2.05, 4.69) is 4.72 Å². The molecule has 1 aliphatic rings. The summed E-state index contributed by atoms with van der Waals surface area (Å²) in [6.45, 7) is 2.36. The van der Waals surface area contributed by atoms with E-state index in [1.54, 1.807) is 5.32 Å². The molecule has 2 rings (SSSR count). The fourth-order valence-electron chi connectivity index (χ4n) is 2.83. The number of aliphatic hydroxyl groups excluding tert-OH is 1. The number of nitrogens with one attached hydrogen (secondary N) is 2. The number of aliphatic hydroxyl groups is 1. The predicted octanol–water partition coefficient (Wildman–Crippen LogP) is 2.05. The molecular weight excluding hydrogens is 385 g/mol. The van der Waals surface area contributed by atoms with Crippen LogP contribution in [0.15, 0.2) is 29.2 Å². The van der Waals surface area contributed by atoms with Crippen molar-refractivity contribution in [1.82, 2.24) is 10.0 Å². The number of carbonyl (C=O) groups is 1. The standard InChI is InChI=1S/C17H23F3N2O4S/c1-11(2)14(23)16(7-8-16)9-22-27(25,26)13-5-3-12(4-6-13)15(24)21-10-17(18,19)20/h3-6,11,14,22-23H,7-10H2,1-2H3,(H,21,24)/t14-/m0/s1. The molecule has 0 heterocycles. The minimum atomic E-state index is -4.53. The number of hydrogen-bond donors (Lipinski definition) is 3. The summed E-state index contributed by atoms with van der Waals surface area (Å²) in [7, 11) is -3.86. The maximum absolute atomic E-state index is 12.4. The Morgan fingerprint density at radius 2 is 1.78 bits per heavy atom. The fraction of sp³-hybridized carbons (Fsp3) is 0.588. The van der Waals surface area contributed by atoms with Gasteiger partial charge in [0.05, 0.1) is 11.0 Å². The van der Waals surface area contributed by atoms with Crippen molar-refractivity contribution in [1.29, 1.82) is 0 Å². The van der Waals surface area contributed by atoms with Gasteiger partial charge in [-0.25, -0.2) is 13.1 Å². The molecule has 0 unspecified atom stereocenters. The minimum Gasteiger partial charge on any atom is -0.392 e. The Labute approximate surface area is 156 Å². The van der Waals surface area contributed by atoms with E-state index in [1.807, 2.05) is 13.8 Å². The number of sulfonamides is 1. The summed E-state index contributed by atoms with van der Waals surface area (Å²) < 4.78 is 63.6. The van der Waals surface area contributed by atoms with E-state index in [1.165, 1.54) is 0 Å². The zero-order valence-corrected chi connectivity index (χ0v) is 15.8. The third kappa shape index (κ3) is 5.66. The van der Waals surface area contributed by atoms with E-state index in [0.717, 1.165) is 37.1 Å². The first-order valence-electron chi connectivity index (χ1n) is 8.49. The molecule has 10 heteroatoms. The first kappa shape index (κ1) is 21.6. The van der Waals surface area contributed by atoms with Gasteiger partial charge in [0.15, 0.2) is 0 Å². The highest BCUT2D eigenvalue weighted by atomic mass is 32.2. The average Bonchev–Trinajstić information content (AvgIpc) is 3.38. The number of amides is 1. The van der Waals surface area contributed by atoms with Crippen LogP contribution in [0.2, 0.25) is 0 Å². The van der Waals surface area contributed by atoms with Crippen LogP contribution >= 0.6 is 0 Å². The Morgan fingerprint density at radius 1 is 1.22 bits per heavy atom. The zero-order valence-electron chi connectivity index (χ0n) is 15.0. The first-order chi connectivity index (χ1) is 12.4. The van der Waals surface area contributed by atoms with Crippen LogP contribution in [0.5, 0.6) is 0 Å². The summed E-state index contributed by atoms with van der Waals surface area (Å²) in [4.78, 5) is 11.5. The normalized spacial score (nSPS) is 17.6. The van der Waals surface area contributed by atoms with Crippen molar-refractivity contribution in [2.45, 2.75) is 43.9 Å². The molecule has 0 aliphatic heterocycles. The van der Waals surface area contributed by atoms with E-state index in [-0.39, 0.29) is 22.9 Å². The quantitative estimate of drug-likeness (QED) is 0.614. The largest absolute Gasteiger partial charge is 0.405 e. The van der Waals surface area contributed by atoms with Gasteiger partial charge >= 0.3 is 6.18 Å². The lowest BCUT2D eigenvalue weighted by atomic mass is 9.91. The van der Waals surface area contributed by atoms with Crippen LogP contribution in [-0.2, 0) is 10.0 Å². The average molecular weight is 408 g/mol. The topological polar surface area (TPSA) is 95.5 Å². The second-order valence-corrected chi connectivity index (χ2v) is 8.96. The number of benzene rings is 1. The molecule has 1 aliphatic carbocycles. The van der Waals surface area contributed by atoms with Gasteiger partial charge in [-0.3, -0.25) is 4.79 Å². The molecule has 1 atom stereocenters. The van der Waals surface area contributed by atoms with Crippen LogP contribution in [0.25, 0.3) is 0 Å². The molecule has 0 aromatic heterocycles. The molecule has 0 saturated heterocycles. The minimum absolute atomic E-state index is 0.00602. The molecule has 0 spiro atoms. The Morgan fingerprint density at radius 3 is 2.22 bits per heavy atom. The lowest BCUT2D eigenvalue weighted by molar-refractivity contribution is -0.123. The lowest BCUT2D eigenvalue weighted by Gasteiger charge is -2.25. The van der Waals surface area contributed by atoms with Crippen LogP contribution in [0.4, 0.5) is 13.2 Å². The molecule has 1 amide bonds. The first-order valence-corrected chi connectivity index (χ1v) is 9.97. The smallest absolute Gasteiger partial charge is 0.392 e. The van der Waals surface area contributed by atoms with Gasteiger partial charge in [-0.15, -0.1) is 0 Å². The molecule has 1 saturated carbocycles. The van der Waals surface area contributed by atoms with Crippen molar-refractivity contribution in [3.63, 3.8) is 0 Å². The molecule has 3 N–H and O–H groups in total. The van der Waals surface area contributed by atoms with Crippen LogP contribution < -0.4 is 10.0 Å². The summed E-state index contributed by atoms with van der Waals surface area (Å²) in [6, 6.07) is 4.61. The zero-order chi connectivity index (χ0) is 20.5. The second kappa shape index (κ2) is 7.76. The number of carbonyl (C=O) groups excluding carboxylic acids is 1. The fourth-order valence-corrected chi connectivity index (χ4v) is 3.97. The summed E-state index contributed by atoms with van der Waals surface area (Å²) in [5.74, 6) is -0.937. The van der Waals surface area contributed by atoms with Gasteiger partial charge in [0.2, 0.25) is 10.0 Å². The number of alkyl halides is 3. The second-order valence-electron chi connectivity index (χ2n) is 7.20. The van der Waals surface area contributed by atoms with Crippen LogP contribution in [0.3, 0.4) is 0 Å². The summed E-state index contributed by atoms with van der Waals surface area (Å²) in [5.41, 5.74) is -0.536. The summed E-state index contributed by atoms with van der Waals surface area (Å²) >= 11 is 0. The third-order valence-corrected chi connectivity index (χ3v) is 6.06. The molecular formula is C17H23F3N2O4S. The molecule has 1 aromatic rings. The monoisotopic (exact) mass is 408 g/mol. The predicted molar refractivity (Wildman–Crippen MR) is 92.5 cm³/mol. The Kier molecular flexibility index (Phi) is 6.23. The van der Waals surface area contributed by atoms with Gasteiger partial charge < -0.3 is 10.4 Å². The molecule has 152 valence electrons. The highest BCUT2D eigenvalue weighted by Gasteiger charge is 2.50. The number of hydrogen-bond acceptors (Lipinski definition) is 4. The highest BCUT2D eigenvalue weighted by Crippen LogP contribution is 2.50. The van der Waals surface area contributed by atoms with Gasteiger partial charge in [0, 0.05) is 17.5 Å². The molecule has 0 radical (unpaired) electrons. The van der Waals surface area contributed by atoms with E-state index in [4.69, 9.17) is 0 Å². The van der Waals surface area contributed by atoms with Gasteiger partial charge in [-0.05, 0) is 43.0 Å². The van der Waals surface area contributed by atoms with Crippen molar-refractivity contribution in [2.75, 3.05) is 13.1 Å². The van der Waals surface area contributed by atoms with Crippen molar-refractivity contribution in [3.05, 3.63) is 29.8 Å². The van der Waals surface area contributed by atoms with Crippen LogP contribution in [0, 0.1) is 11.3 Å². The van der Waals surface area contributed by atoms with Crippen LogP contribution in [0.1, 0.15) is 37.0 Å². The summed E-state index contributed by atoms with van der Waals surface area (Å²) in [6.07, 6.45) is -3.68. The summed E-state index contributed by atoms with van der Waals surface area (Å²) in [5, 5.41) is 11.9. The number of rotatable bonds is 8. The molecule has 1 fully saturated rings. The van der Waals surface area contributed by atoms with Gasteiger partial charge in [-0.2, -0.15) is 13.2 Å². The molecule has 27 heavy (non-hydrogen) atoms. The molecule has 0 bridgehead atoms. The van der Waals surface area contributed by atoms with Crippen molar-refractivity contribution >= 4 is 15.9 Å². The van der Waals surface area contributed by atoms with E-state index >= 15 is 0 Å². The van der Waals surface area contributed by atoms with Gasteiger partial charge in [0.25, 0.3) is 5.91 Å². The van der Waals surface area contributed by atoms with Crippen molar-refractivity contribution in [3.8, 4) is 0 Å². The van der Waals surface area contributed by atoms with Crippen molar-refractivity contribution < 1.29 is 31.5 Å². The van der Waals surface area contributed by atoms with Crippen LogP contribution in [-0.4, -0.2) is 44.8 Å². The molecule has 6 nitrogen and oxygen atoms in total. The van der Waals surface area contributed by atoms with E-state index in [9.17, 15) is 31.5 Å².